The number of ketones is 1. The fourth-order valence-electron chi connectivity index (χ4n) is 2.88. The number of carbonyl (C=O) groups is 1. The van der Waals surface area contributed by atoms with Crippen molar-refractivity contribution in [1.29, 1.82) is 0 Å². The van der Waals surface area contributed by atoms with E-state index in [1.54, 1.807) is 18.2 Å². The molecule has 0 unspecified atom stereocenters. The summed E-state index contributed by atoms with van der Waals surface area (Å²) in [5, 5.41) is 17.7. The Balaban J connectivity index is 1.96. The predicted octanol–water partition coefficient (Wildman–Crippen LogP) is 2.90. The number of carbonyl (C=O) groups excluding carboxylic acids is 1. The summed E-state index contributed by atoms with van der Waals surface area (Å²) in [5.41, 5.74) is 5.45. The molecule has 27 heavy (non-hydrogen) atoms. The fraction of sp³-hybridized carbons (Fsp3) is 0.316. The van der Waals surface area contributed by atoms with Gasteiger partial charge in [-0.25, -0.2) is 0 Å². The van der Waals surface area contributed by atoms with Crippen LogP contribution in [-0.2, 0) is 9.53 Å². The molecule has 1 aliphatic carbocycles. The Bertz CT molecular complexity index is 912. The first-order chi connectivity index (χ1) is 12.9. The zero-order chi connectivity index (χ0) is 19.4. The van der Waals surface area contributed by atoms with E-state index in [0.29, 0.717) is 11.3 Å². The molecule has 0 aliphatic heterocycles. The van der Waals surface area contributed by atoms with Gasteiger partial charge in [0, 0.05) is 18.4 Å². The molecule has 8 heteroatoms. The van der Waals surface area contributed by atoms with E-state index >= 15 is 0 Å². The van der Waals surface area contributed by atoms with Crippen LogP contribution in [0.25, 0.3) is 11.3 Å². The van der Waals surface area contributed by atoms with Gasteiger partial charge in [-0.15, -0.1) is 10.2 Å². The van der Waals surface area contributed by atoms with Crippen LogP contribution >= 0.6 is 0 Å². The van der Waals surface area contributed by atoms with Crippen LogP contribution in [0, 0.1) is 11.8 Å². The van der Waals surface area contributed by atoms with Gasteiger partial charge in [0.1, 0.15) is 17.1 Å². The number of nitrogens with zero attached hydrogens (tertiary/aromatic N) is 2. The number of anilines is 1. The van der Waals surface area contributed by atoms with Crippen LogP contribution in [0.3, 0.4) is 0 Å². The summed E-state index contributed by atoms with van der Waals surface area (Å²) < 4.78 is 30.4. The number of aromatic hydroxyl groups is 1. The monoisotopic (exact) mass is 373 g/mol. The Morgan fingerprint density at radius 1 is 1.22 bits per heavy atom. The zero-order valence-electron chi connectivity index (χ0n) is 14.3. The van der Waals surface area contributed by atoms with Crippen molar-refractivity contribution in [1.82, 2.24) is 10.2 Å². The third-order valence-electron chi connectivity index (χ3n) is 4.36. The number of Topliss-reactive ketones (excluding diaryl/α,β-unsaturated/α-hetero) is 1. The summed E-state index contributed by atoms with van der Waals surface area (Å²) in [6.45, 7) is -3.00. The van der Waals surface area contributed by atoms with Crippen molar-refractivity contribution in [3.05, 3.63) is 35.9 Å². The molecule has 3 rings (SSSR count). The minimum absolute atomic E-state index is 0.00257. The lowest BCUT2D eigenvalue weighted by molar-refractivity contribution is -0.196. The number of phenols is 1. The fourth-order valence-corrected chi connectivity index (χ4v) is 2.88. The van der Waals surface area contributed by atoms with E-state index in [0.717, 1.165) is 0 Å². The smallest absolute Gasteiger partial charge is 0.346 e. The van der Waals surface area contributed by atoms with Crippen LogP contribution in [0.5, 0.6) is 5.75 Å². The molecule has 1 aromatic heterocycles. The molecule has 0 radical (unpaired) electrons. The first-order valence-electron chi connectivity index (χ1n) is 8.31. The largest absolute Gasteiger partial charge is 0.507 e. The highest BCUT2D eigenvalue weighted by atomic mass is 19.3. The van der Waals surface area contributed by atoms with Gasteiger partial charge in [-0.1, -0.05) is 24.0 Å². The van der Waals surface area contributed by atoms with Crippen molar-refractivity contribution in [3.8, 4) is 28.8 Å². The minimum atomic E-state index is -3.00. The molecule has 140 valence electrons. The van der Waals surface area contributed by atoms with E-state index in [1.165, 1.54) is 12.1 Å². The molecular formula is C19H17F2N3O3. The van der Waals surface area contributed by atoms with E-state index in [2.05, 4.69) is 22.0 Å². The van der Waals surface area contributed by atoms with Crippen molar-refractivity contribution in [2.45, 2.75) is 37.9 Å². The van der Waals surface area contributed by atoms with Crippen LogP contribution in [0.2, 0.25) is 0 Å². The van der Waals surface area contributed by atoms with Crippen LogP contribution in [0.15, 0.2) is 30.3 Å². The first kappa shape index (κ1) is 18.7. The molecule has 0 bridgehead atoms. The number of alkyl halides is 2. The number of halogens is 2. The maximum atomic E-state index is 12.8. The van der Waals surface area contributed by atoms with Gasteiger partial charge < -0.3 is 15.6 Å². The highest BCUT2D eigenvalue weighted by Gasteiger charge is 2.36. The third-order valence-corrected chi connectivity index (χ3v) is 4.36. The van der Waals surface area contributed by atoms with Crippen molar-refractivity contribution < 1.29 is 23.4 Å². The van der Waals surface area contributed by atoms with Gasteiger partial charge in [0.2, 0.25) is 0 Å². The van der Waals surface area contributed by atoms with E-state index in [9.17, 15) is 18.7 Å². The van der Waals surface area contributed by atoms with Gasteiger partial charge in [-0.05, 0) is 31.0 Å². The lowest BCUT2D eigenvalue weighted by Crippen LogP contribution is -2.37. The Kier molecular flexibility index (Phi) is 5.33. The van der Waals surface area contributed by atoms with Gasteiger partial charge >= 0.3 is 6.61 Å². The van der Waals surface area contributed by atoms with Crippen LogP contribution in [0.1, 0.15) is 31.2 Å². The standard InChI is InChI=1S/C19H17F2N3O3/c20-18(21)27-19(9-6-13(25)7-10-19)8-5-12-11-15(23-24-17(12)22)14-3-1-2-4-16(14)26/h1-4,11,18,26H,6-7,9-10H2,(H2,22,24). The first-order valence-corrected chi connectivity index (χ1v) is 8.31. The highest BCUT2D eigenvalue weighted by Crippen LogP contribution is 2.32. The summed E-state index contributed by atoms with van der Waals surface area (Å²) in [7, 11) is 0. The van der Waals surface area contributed by atoms with Crippen LogP contribution < -0.4 is 5.73 Å². The van der Waals surface area contributed by atoms with Crippen molar-refractivity contribution in [2.75, 3.05) is 5.73 Å². The second-order valence-electron chi connectivity index (χ2n) is 6.21. The molecule has 1 aromatic carbocycles. The maximum Gasteiger partial charge on any atom is 0.346 e. The number of benzene rings is 1. The molecule has 1 aliphatic rings. The van der Waals surface area contributed by atoms with E-state index < -0.39 is 12.2 Å². The molecule has 0 spiro atoms. The Hall–Kier alpha value is -3.05. The lowest BCUT2D eigenvalue weighted by Gasteiger charge is -2.31. The predicted molar refractivity (Wildman–Crippen MR) is 93.7 cm³/mol. The van der Waals surface area contributed by atoms with Gasteiger partial charge in [0.05, 0.1) is 11.3 Å². The molecule has 1 fully saturated rings. The molecule has 1 heterocycles. The molecule has 2 aromatic rings. The third kappa shape index (κ3) is 4.38. The normalized spacial score (nSPS) is 16.0. The number of nitrogens with two attached hydrogens (primary N) is 1. The Morgan fingerprint density at radius 2 is 1.93 bits per heavy atom. The SMILES string of the molecule is Nc1nnc(-c2ccccc2O)cc1C#CC1(OC(F)F)CCC(=O)CC1. The topological polar surface area (TPSA) is 98.3 Å². The molecule has 0 saturated heterocycles. The number of rotatable bonds is 3. The van der Waals surface area contributed by atoms with E-state index in [1.807, 2.05) is 0 Å². The average molecular weight is 373 g/mol. The maximum absolute atomic E-state index is 12.8. The minimum Gasteiger partial charge on any atom is -0.507 e. The summed E-state index contributed by atoms with van der Waals surface area (Å²) in [6.07, 6.45) is 0.449. The van der Waals surface area contributed by atoms with Gasteiger partial charge in [-0.2, -0.15) is 8.78 Å². The van der Waals surface area contributed by atoms with Crippen molar-refractivity contribution >= 4 is 11.6 Å². The number of aromatic nitrogens is 2. The average Bonchev–Trinajstić information content (AvgIpc) is 2.64. The molecule has 1 saturated carbocycles. The van der Waals surface area contributed by atoms with Gasteiger partial charge in [0.25, 0.3) is 0 Å². The van der Waals surface area contributed by atoms with Crippen molar-refractivity contribution in [2.24, 2.45) is 0 Å². The number of hydrogen-bond acceptors (Lipinski definition) is 6. The molecule has 0 atom stereocenters. The number of hydrogen-bond donors (Lipinski definition) is 2. The highest BCUT2D eigenvalue weighted by molar-refractivity contribution is 5.79. The zero-order valence-corrected chi connectivity index (χ0v) is 14.3. The van der Waals surface area contributed by atoms with E-state index in [4.69, 9.17) is 10.5 Å². The number of phenolic OH excluding ortho intramolecular Hbond substituents is 1. The second-order valence-corrected chi connectivity index (χ2v) is 6.21. The summed E-state index contributed by atoms with van der Waals surface area (Å²) in [4.78, 5) is 11.4. The summed E-state index contributed by atoms with van der Waals surface area (Å²) in [5.74, 6) is 5.51. The Morgan fingerprint density at radius 3 is 2.59 bits per heavy atom. The Labute approximate surface area is 154 Å². The van der Waals surface area contributed by atoms with Gasteiger partial charge in [0.15, 0.2) is 5.82 Å². The van der Waals surface area contributed by atoms with Gasteiger partial charge in [-0.3, -0.25) is 4.79 Å². The summed E-state index contributed by atoms with van der Waals surface area (Å²) >= 11 is 0. The second kappa shape index (κ2) is 7.68. The van der Waals surface area contributed by atoms with Crippen LogP contribution in [0.4, 0.5) is 14.6 Å². The summed E-state index contributed by atoms with van der Waals surface area (Å²) in [6, 6.07) is 8.07. The van der Waals surface area contributed by atoms with Crippen LogP contribution in [-0.4, -0.2) is 33.3 Å². The molecule has 0 amide bonds. The lowest BCUT2D eigenvalue weighted by atomic mass is 9.84. The molecule has 6 nitrogen and oxygen atoms in total. The molecular weight excluding hydrogens is 356 g/mol. The van der Waals surface area contributed by atoms with E-state index in [-0.39, 0.29) is 48.6 Å². The molecule has 3 N–H and O–H groups in total. The van der Waals surface area contributed by atoms with Crippen molar-refractivity contribution in [3.63, 3.8) is 0 Å². The number of para-hydroxylation sites is 1. The quantitative estimate of drug-likeness (QED) is 0.803. The number of nitrogen functional groups attached to an aromatic ring is 1. The number of ether oxygens (including phenoxy) is 1.